The Morgan fingerprint density at radius 1 is 1.30 bits per heavy atom. The number of amides is 1. The van der Waals surface area contributed by atoms with Gasteiger partial charge in [0.15, 0.2) is 0 Å². The number of carbonyl (C=O) groups is 1. The van der Waals surface area contributed by atoms with Gasteiger partial charge in [0.25, 0.3) is 0 Å². The number of aryl methyl sites for hydroxylation is 1. The normalized spacial score (nSPS) is 28.8. The molecule has 2 bridgehead atoms. The highest BCUT2D eigenvalue weighted by atomic mass is 16.1. The second kappa shape index (κ2) is 5.80. The monoisotopic (exact) mass is 270 g/mol. The van der Waals surface area contributed by atoms with Gasteiger partial charge in [0.2, 0.25) is 5.91 Å². The van der Waals surface area contributed by atoms with Crippen LogP contribution in [-0.4, -0.2) is 36.5 Å². The first-order valence-corrected chi connectivity index (χ1v) is 7.49. The molecule has 3 heterocycles. The quantitative estimate of drug-likeness (QED) is 0.854. The lowest BCUT2D eigenvalue weighted by molar-refractivity contribution is -0.118. The van der Waals surface area contributed by atoms with Crippen LogP contribution in [0.4, 0.5) is 0 Å². The summed E-state index contributed by atoms with van der Waals surface area (Å²) in [5.41, 5.74) is 2.30. The summed E-state index contributed by atoms with van der Waals surface area (Å²) in [5.74, 6) is 0.711. The predicted molar refractivity (Wildman–Crippen MR) is 81.3 cm³/mol. The van der Waals surface area contributed by atoms with Crippen molar-refractivity contribution in [2.75, 3.05) is 19.6 Å². The molecule has 1 N–H and O–H groups in total. The van der Waals surface area contributed by atoms with Crippen LogP contribution in [0.3, 0.4) is 0 Å². The fourth-order valence-corrected chi connectivity index (χ4v) is 3.30. The summed E-state index contributed by atoms with van der Waals surface area (Å²) in [6.45, 7) is 5.49. The van der Waals surface area contributed by atoms with Crippen molar-refractivity contribution < 1.29 is 4.79 Å². The second-order valence-corrected chi connectivity index (χ2v) is 5.94. The number of fused-ring (bicyclic) bond motifs is 3. The summed E-state index contributed by atoms with van der Waals surface area (Å²) < 4.78 is 0. The molecular formula is C17H22N2O. The molecule has 3 nitrogen and oxygen atoms in total. The lowest BCUT2D eigenvalue weighted by Crippen LogP contribution is -2.57. The number of carbonyl (C=O) groups excluding carboxylic acids is 1. The van der Waals surface area contributed by atoms with Crippen LogP contribution in [0.15, 0.2) is 30.3 Å². The molecule has 0 unspecified atom stereocenters. The minimum atomic E-state index is 0.0343. The maximum Gasteiger partial charge on any atom is 0.244 e. The molecule has 3 aliphatic rings. The number of nitrogens with zero attached hydrogens (tertiary/aromatic N) is 1. The second-order valence-electron chi connectivity index (χ2n) is 5.94. The van der Waals surface area contributed by atoms with Gasteiger partial charge in [-0.15, -0.1) is 0 Å². The first-order valence-electron chi connectivity index (χ1n) is 7.49. The van der Waals surface area contributed by atoms with Crippen LogP contribution in [0, 0.1) is 12.8 Å². The Labute approximate surface area is 120 Å². The van der Waals surface area contributed by atoms with Crippen LogP contribution in [0.1, 0.15) is 24.0 Å². The van der Waals surface area contributed by atoms with Crippen molar-refractivity contribution in [1.82, 2.24) is 10.2 Å². The number of hydrogen-bond acceptors (Lipinski definition) is 2. The first-order chi connectivity index (χ1) is 9.72. The summed E-state index contributed by atoms with van der Waals surface area (Å²) in [5, 5.41) is 3.17. The standard InChI is InChI=1S/C17H22N2O/c1-13-4-2-3-5-14(13)6-7-17(20)18-16-12-19-10-8-15(16)9-11-19/h2-7,15-16H,8-12H2,1H3,(H,18,20)/b7-6+/t16-/m1/s1. The largest absolute Gasteiger partial charge is 0.348 e. The van der Waals surface area contributed by atoms with E-state index in [4.69, 9.17) is 0 Å². The van der Waals surface area contributed by atoms with Gasteiger partial charge in [-0.05, 0) is 56.0 Å². The Hall–Kier alpha value is -1.61. The van der Waals surface area contributed by atoms with Gasteiger partial charge in [-0.2, -0.15) is 0 Å². The van der Waals surface area contributed by atoms with E-state index in [0.29, 0.717) is 12.0 Å². The molecule has 106 valence electrons. The fourth-order valence-electron chi connectivity index (χ4n) is 3.30. The Balaban J connectivity index is 1.59. The van der Waals surface area contributed by atoms with Gasteiger partial charge >= 0.3 is 0 Å². The third-order valence-corrected chi connectivity index (χ3v) is 4.59. The van der Waals surface area contributed by atoms with Crippen LogP contribution < -0.4 is 5.32 Å². The van der Waals surface area contributed by atoms with Crippen molar-refractivity contribution >= 4 is 12.0 Å². The summed E-state index contributed by atoms with van der Waals surface area (Å²) in [6, 6.07) is 8.45. The number of hydrogen-bond donors (Lipinski definition) is 1. The van der Waals surface area contributed by atoms with E-state index < -0.39 is 0 Å². The third kappa shape index (κ3) is 2.93. The molecule has 4 rings (SSSR count). The summed E-state index contributed by atoms with van der Waals surface area (Å²) in [4.78, 5) is 14.5. The zero-order valence-electron chi connectivity index (χ0n) is 12.0. The Kier molecular flexibility index (Phi) is 3.88. The highest BCUT2D eigenvalue weighted by Crippen LogP contribution is 2.27. The predicted octanol–water partition coefficient (Wildman–Crippen LogP) is 2.22. The third-order valence-electron chi connectivity index (χ3n) is 4.59. The number of piperidine rings is 3. The SMILES string of the molecule is Cc1ccccc1/C=C/C(=O)N[C@@H]1CN2CCC1CC2. The molecule has 0 spiro atoms. The zero-order chi connectivity index (χ0) is 13.9. The topological polar surface area (TPSA) is 32.3 Å². The van der Waals surface area contributed by atoms with Crippen molar-refractivity contribution in [3.63, 3.8) is 0 Å². The van der Waals surface area contributed by atoms with Gasteiger partial charge in [0.05, 0.1) is 0 Å². The average Bonchev–Trinajstić information content (AvgIpc) is 2.48. The van der Waals surface area contributed by atoms with Gasteiger partial charge < -0.3 is 10.2 Å². The molecule has 3 fully saturated rings. The van der Waals surface area contributed by atoms with Crippen molar-refractivity contribution in [1.29, 1.82) is 0 Å². The van der Waals surface area contributed by atoms with Gasteiger partial charge in [-0.1, -0.05) is 24.3 Å². The molecule has 20 heavy (non-hydrogen) atoms. The minimum Gasteiger partial charge on any atom is -0.348 e. The summed E-state index contributed by atoms with van der Waals surface area (Å²) >= 11 is 0. The van der Waals surface area contributed by atoms with Crippen LogP contribution >= 0.6 is 0 Å². The van der Waals surface area contributed by atoms with Crippen LogP contribution in [0.25, 0.3) is 6.08 Å². The highest BCUT2D eigenvalue weighted by Gasteiger charge is 2.34. The molecule has 0 aromatic heterocycles. The lowest BCUT2D eigenvalue weighted by Gasteiger charge is -2.44. The smallest absolute Gasteiger partial charge is 0.244 e. The Bertz CT molecular complexity index is 515. The molecule has 1 aromatic carbocycles. The fraction of sp³-hybridized carbons (Fsp3) is 0.471. The van der Waals surface area contributed by atoms with Crippen molar-refractivity contribution in [2.45, 2.75) is 25.8 Å². The number of nitrogens with one attached hydrogen (secondary N) is 1. The lowest BCUT2D eigenvalue weighted by atomic mass is 9.84. The van der Waals surface area contributed by atoms with Crippen molar-refractivity contribution in [2.24, 2.45) is 5.92 Å². The number of rotatable bonds is 3. The van der Waals surface area contributed by atoms with Crippen LogP contribution in [0.5, 0.6) is 0 Å². The summed E-state index contributed by atoms with van der Waals surface area (Å²) in [7, 11) is 0. The van der Waals surface area contributed by atoms with E-state index >= 15 is 0 Å². The molecule has 1 atom stereocenters. The number of benzene rings is 1. The van der Waals surface area contributed by atoms with Gasteiger partial charge in [-0.3, -0.25) is 4.79 Å². The van der Waals surface area contributed by atoms with Crippen LogP contribution in [0.2, 0.25) is 0 Å². The molecule has 3 saturated heterocycles. The first kappa shape index (κ1) is 13.4. The maximum atomic E-state index is 12.1. The van der Waals surface area contributed by atoms with Gasteiger partial charge in [0, 0.05) is 18.7 Å². The molecule has 3 aliphatic heterocycles. The van der Waals surface area contributed by atoms with Gasteiger partial charge in [-0.25, -0.2) is 0 Å². The molecule has 3 heteroatoms. The zero-order valence-corrected chi connectivity index (χ0v) is 12.0. The maximum absolute atomic E-state index is 12.1. The van der Waals surface area contributed by atoms with Gasteiger partial charge in [0.1, 0.15) is 0 Å². The van der Waals surface area contributed by atoms with Crippen molar-refractivity contribution in [3.8, 4) is 0 Å². The minimum absolute atomic E-state index is 0.0343. The van der Waals surface area contributed by atoms with E-state index in [1.165, 1.54) is 31.5 Å². The van der Waals surface area contributed by atoms with E-state index in [1.807, 2.05) is 24.3 Å². The average molecular weight is 270 g/mol. The molecule has 1 aromatic rings. The van der Waals surface area contributed by atoms with E-state index in [-0.39, 0.29) is 5.91 Å². The molecule has 1 amide bonds. The highest BCUT2D eigenvalue weighted by molar-refractivity contribution is 5.92. The molecule has 0 aliphatic carbocycles. The molecule has 0 radical (unpaired) electrons. The van der Waals surface area contributed by atoms with E-state index in [2.05, 4.69) is 23.2 Å². The van der Waals surface area contributed by atoms with E-state index in [0.717, 1.165) is 12.1 Å². The van der Waals surface area contributed by atoms with Crippen LogP contribution in [-0.2, 0) is 4.79 Å². The Morgan fingerprint density at radius 3 is 2.70 bits per heavy atom. The van der Waals surface area contributed by atoms with Crippen molar-refractivity contribution in [3.05, 3.63) is 41.5 Å². The Morgan fingerprint density at radius 2 is 2.05 bits per heavy atom. The summed E-state index contributed by atoms with van der Waals surface area (Å²) in [6.07, 6.45) is 6.03. The van der Waals surface area contributed by atoms with E-state index in [9.17, 15) is 4.79 Å². The molecule has 0 saturated carbocycles. The van der Waals surface area contributed by atoms with E-state index in [1.54, 1.807) is 6.08 Å². The molecular weight excluding hydrogens is 248 g/mol.